The van der Waals surface area contributed by atoms with Crippen molar-refractivity contribution in [3.63, 3.8) is 0 Å². The first-order valence-corrected chi connectivity index (χ1v) is 9.34. The fourth-order valence-electron chi connectivity index (χ4n) is 1.94. The van der Waals surface area contributed by atoms with Crippen LogP contribution in [-0.2, 0) is 6.61 Å². The van der Waals surface area contributed by atoms with Gasteiger partial charge in [0.15, 0.2) is 0 Å². The second kappa shape index (κ2) is 10.4. The van der Waals surface area contributed by atoms with Crippen molar-refractivity contribution in [3.05, 3.63) is 89.6 Å². The van der Waals surface area contributed by atoms with Gasteiger partial charge in [-0.3, -0.25) is 0 Å². The van der Waals surface area contributed by atoms with Gasteiger partial charge in [0.05, 0.1) is 0 Å². The molecule has 29 heavy (non-hydrogen) atoms. The predicted molar refractivity (Wildman–Crippen MR) is 110 cm³/mol. The van der Waals surface area contributed by atoms with E-state index in [4.69, 9.17) is 9.84 Å². The molecule has 0 aliphatic carbocycles. The Labute approximate surface area is 180 Å². The summed E-state index contributed by atoms with van der Waals surface area (Å²) in [5.41, 5.74) is 0.940. The number of hydrogen-bond donors (Lipinski definition) is 1. The maximum Gasteiger partial charge on any atom is 0.407 e. The van der Waals surface area contributed by atoms with Gasteiger partial charge in [0.1, 0.15) is 6.61 Å². The second-order valence-corrected chi connectivity index (χ2v) is 6.85. The van der Waals surface area contributed by atoms with Crippen LogP contribution in [0.15, 0.2) is 63.8 Å². The van der Waals surface area contributed by atoms with Crippen LogP contribution in [0.4, 0.5) is 11.6 Å². The van der Waals surface area contributed by atoms with Gasteiger partial charge in [-0.05, 0) is 37.5 Å². The van der Waals surface area contributed by atoms with Crippen molar-refractivity contribution in [2.75, 3.05) is 0 Å². The zero-order valence-corrected chi connectivity index (χ0v) is 17.6. The van der Waals surface area contributed by atoms with Gasteiger partial charge in [-0.2, -0.15) is 0 Å². The average molecular weight is 528 g/mol. The molecule has 0 atom stereocenters. The van der Waals surface area contributed by atoms with E-state index >= 15 is 0 Å². The third kappa shape index (κ3) is 6.76. The topological polar surface area (TPSA) is 142 Å². The van der Waals surface area contributed by atoms with Crippen molar-refractivity contribution in [2.24, 2.45) is 0 Å². The van der Waals surface area contributed by atoms with E-state index in [0.29, 0.717) is 9.21 Å². The first-order valence-electron chi connectivity index (χ1n) is 7.75. The van der Waals surface area contributed by atoms with E-state index in [1.807, 2.05) is 30.3 Å². The number of hydrogen-bond acceptors (Lipinski definition) is 8. The molecule has 10 nitrogen and oxygen atoms in total. The largest absolute Gasteiger partial charge is 0.501 e. The maximum absolute atomic E-state index is 10.8. The molecule has 0 amide bonds. The maximum atomic E-state index is 10.8. The Balaban J connectivity index is 0.000000234. The highest BCUT2D eigenvalue weighted by molar-refractivity contribution is 9.10. The number of halogens is 2. The molecule has 12 heteroatoms. The smallest absolute Gasteiger partial charge is 0.407 e. The zero-order chi connectivity index (χ0) is 21.4. The highest BCUT2D eigenvalue weighted by Crippen LogP contribution is 2.27. The molecule has 0 unspecified atom stereocenters. The van der Waals surface area contributed by atoms with Crippen LogP contribution in [0.5, 0.6) is 11.5 Å². The van der Waals surface area contributed by atoms with Gasteiger partial charge in [-0.15, -0.1) is 0 Å². The Bertz CT molecular complexity index is 1020. The molecule has 0 aliphatic rings. The third-order valence-electron chi connectivity index (χ3n) is 3.21. The zero-order valence-electron chi connectivity index (χ0n) is 14.4. The average Bonchev–Trinajstić information content (AvgIpc) is 2.70. The summed E-state index contributed by atoms with van der Waals surface area (Å²) in [6.07, 6.45) is 0. The number of nitro groups is 2. The van der Waals surface area contributed by atoms with E-state index in [1.165, 1.54) is 18.2 Å². The summed E-state index contributed by atoms with van der Waals surface area (Å²) in [5.74, 6) is -1.11. The number of rotatable bonds is 5. The van der Waals surface area contributed by atoms with Crippen LogP contribution in [0, 0.1) is 20.2 Å². The summed E-state index contributed by atoms with van der Waals surface area (Å²) >= 11 is 6.03. The quantitative estimate of drug-likeness (QED) is 0.283. The van der Waals surface area contributed by atoms with Crippen molar-refractivity contribution in [2.45, 2.75) is 6.61 Å². The second-order valence-electron chi connectivity index (χ2n) is 5.22. The van der Waals surface area contributed by atoms with E-state index in [0.717, 1.165) is 5.56 Å². The monoisotopic (exact) mass is 526 g/mol. The number of ether oxygens (including phenoxy) is 1. The summed E-state index contributed by atoms with van der Waals surface area (Å²) in [6.45, 7) is 0.269. The van der Waals surface area contributed by atoms with Gasteiger partial charge in [-0.1, -0.05) is 30.3 Å². The Morgan fingerprint density at radius 3 is 1.97 bits per heavy atom. The molecule has 3 rings (SSSR count). The lowest BCUT2D eigenvalue weighted by Gasteiger charge is -2.06. The fraction of sp³-hybridized carbons (Fsp3) is 0.0588. The fourth-order valence-corrected chi connectivity index (χ4v) is 2.54. The first-order chi connectivity index (χ1) is 13.8. The molecule has 0 spiro atoms. The highest BCUT2D eigenvalue weighted by atomic mass is 79.9. The van der Waals surface area contributed by atoms with Crippen LogP contribution < -0.4 is 4.74 Å². The summed E-state index contributed by atoms with van der Waals surface area (Å²) in [6, 6.07) is 15.2. The minimum absolute atomic E-state index is 0.159. The van der Waals surface area contributed by atoms with Gasteiger partial charge in [0.25, 0.3) is 0 Å². The number of nitrogens with zero attached hydrogens (tertiary/aromatic N) is 4. The van der Waals surface area contributed by atoms with Crippen LogP contribution in [0.3, 0.4) is 0 Å². The Hall–Kier alpha value is -3.12. The minimum Gasteiger partial charge on any atom is -0.501 e. The Kier molecular flexibility index (Phi) is 7.98. The van der Waals surface area contributed by atoms with E-state index in [1.54, 1.807) is 6.07 Å². The molecule has 0 saturated heterocycles. The molecule has 1 N–H and O–H groups in total. The summed E-state index contributed by atoms with van der Waals surface area (Å²) < 4.78 is 6.14. The van der Waals surface area contributed by atoms with E-state index in [-0.39, 0.29) is 18.2 Å². The Morgan fingerprint density at radius 1 is 0.862 bits per heavy atom. The number of aromatic nitrogens is 2. The molecule has 1 aromatic carbocycles. The normalized spacial score (nSPS) is 9.86. The number of pyridine rings is 2. The predicted octanol–water partition coefficient (Wildman–Crippen LogP) is 4.79. The van der Waals surface area contributed by atoms with E-state index in [9.17, 15) is 20.2 Å². The lowest BCUT2D eigenvalue weighted by Crippen LogP contribution is -2.00. The Morgan fingerprint density at radius 2 is 1.41 bits per heavy atom. The van der Waals surface area contributed by atoms with Crippen LogP contribution in [0.2, 0.25) is 0 Å². The van der Waals surface area contributed by atoms with E-state index < -0.39 is 21.4 Å². The van der Waals surface area contributed by atoms with Crippen LogP contribution in [0.1, 0.15) is 5.56 Å². The van der Waals surface area contributed by atoms with Crippen molar-refractivity contribution in [3.8, 4) is 11.5 Å². The van der Waals surface area contributed by atoms with E-state index in [2.05, 4.69) is 41.8 Å². The summed E-state index contributed by atoms with van der Waals surface area (Å²) in [5, 5.41) is 29.8. The third-order valence-corrected chi connectivity index (χ3v) is 4.09. The van der Waals surface area contributed by atoms with Crippen LogP contribution in [0.25, 0.3) is 0 Å². The van der Waals surface area contributed by atoms with Crippen molar-refractivity contribution in [1.29, 1.82) is 0 Å². The SMILES string of the molecule is O=[N+]([O-])c1nc(Br)ccc1O.O=[N+]([O-])c1nc(Br)ccc1OCc1ccccc1. The molecule has 0 bridgehead atoms. The van der Waals surface area contributed by atoms with Crippen LogP contribution in [-0.4, -0.2) is 24.9 Å². The molecule has 0 saturated carbocycles. The minimum atomic E-state index is -0.750. The van der Waals surface area contributed by atoms with Crippen molar-refractivity contribution < 1.29 is 19.7 Å². The molecule has 0 fully saturated rings. The molecule has 2 aromatic heterocycles. The highest BCUT2D eigenvalue weighted by Gasteiger charge is 2.18. The molecular formula is C17H12Br2N4O6. The van der Waals surface area contributed by atoms with Crippen molar-refractivity contribution in [1.82, 2.24) is 9.97 Å². The van der Waals surface area contributed by atoms with Gasteiger partial charge < -0.3 is 30.1 Å². The lowest BCUT2D eigenvalue weighted by molar-refractivity contribution is -0.390. The van der Waals surface area contributed by atoms with Gasteiger partial charge in [0.2, 0.25) is 20.7 Å². The lowest BCUT2D eigenvalue weighted by atomic mass is 10.2. The first kappa shape index (κ1) is 22.2. The molecule has 3 aromatic rings. The van der Waals surface area contributed by atoms with Crippen molar-refractivity contribution >= 4 is 43.5 Å². The molecular weight excluding hydrogens is 516 g/mol. The van der Waals surface area contributed by atoms with Crippen LogP contribution >= 0.6 is 31.9 Å². The summed E-state index contributed by atoms with van der Waals surface area (Å²) in [4.78, 5) is 26.9. The molecule has 150 valence electrons. The molecule has 0 radical (unpaired) electrons. The number of benzene rings is 1. The van der Waals surface area contributed by atoms with Gasteiger partial charge >= 0.3 is 11.6 Å². The molecule has 0 aliphatic heterocycles. The standard InChI is InChI=1S/C12H9BrN2O3.C5H3BrN2O3/c13-11-7-6-10(12(14-11)15(16)17)18-8-9-4-2-1-3-5-9;6-4-2-1-3(9)5(7-4)8(10)11/h1-7H,8H2;1-2,9H. The van der Waals surface area contributed by atoms with Gasteiger partial charge in [-0.25, -0.2) is 0 Å². The van der Waals surface area contributed by atoms with Gasteiger partial charge in [0, 0.05) is 44.0 Å². The summed E-state index contributed by atoms with van der Waals surface area (Å²) in [7, 11) is 0. The molecule has 2 heterocycles. The number of aromatic hydroxyl groups is 1.